The molecule has 0 saturated carbocycles. The Morgan fingerprint density at radius 3 is 2.62 bits per heavy atom. The van der Waals surface area contributed by atoms with Gasteiger partial charge in [0.15, 0.2) is 5.96 Å². The summed E-state index contributed by atoms with van der Waals surface area (Å²) in [6, 6.07) is 7.49. The summed E-state index contributed by atoms with van der Waals surface area (Å²) >= 11 is 0. The van der Waals surface area contributed by atoms with Crippen molar-refractivity contribution in [1.29, 1.82) is 0 Å². The molecule has 0 spiro atoms. The number of rotatable bonds is 7. The molecule has 2 aromatic rings. The normalized spacial score (nSPS) is 10.8. The van der Waals surface area contributed by atoms with Crippen molar-refractivity contribution in [3.05, 3.63) is 47.5 Å². The van der Waals surface area contributed by atoms with Gasteiger partial charge in [0, 0.05) is 25.7 Å². The Morgan fingerprint density at radius 1 is 1.19 bits per heavy atom. The van der Waals surface area contributed by atoms with E-state index in [2.05, 4.69) is 31.0 Å². The molecule has 0 atom stereocenters. The van der Waals surface area contributed by atoms with Gasteiger partial charge in [0.05, 0.1) is 13.1 Å². The number of carbonyl (C=O) groups excluding carboxylic acids is 1. The molecule has 1 aromatic carbocycles. The van der Waals surface area contributed by atoms with Crippen molar-refractivity contribution >= 4 is 35.8 Å². The van der Waals surface area contributed by atoms with Crippen molar-refractivity contribution < 1.29 is 4.79 Å². The fraction of sp³-hybridized carbons (Fsp3) is 0.412. The standard InChI is InChI=1S/C17H25N7O.HI/c1-4-18-16(25)14-8-6-7-13(9-14)10-20-17(19-5-2)21-11-15-22-12-23-24(15)3;/h6-9,12H,4-5,10-11H2,1-3H3,(H,18,25)(H2,19,20,21);1H. The molecule has 9 heteroatoms. The Labute approximate surface area is 170 Å². The van der Waals surface area contributed by atoms with Gasteiger partial charge in [0.25, 0.3) is 5.91 Å². The number of nitrogens with zero attached hydrogens (tertiary/aromatic N) is 4. The van der Waals surface area contributed by atoms with Crippen molar-refractivity contribution in [3.8, 4) is 0 Å². The highest BCUT2D eigenvalue weighted by molar-refractivity contribution is 14.0. The molecule has 142 valence electrons. The van der Waals surface area contributed by atoms with Gasteiger partial charge in [-0.25, -0.2) is 9.98 Å². The summed E-state index contributed by atoms with van der Waals surface area (Å²) in [5.41, 5.74) is 1.62. The third-order valence-corrected chi connectivity index (χ3v) is 3.51. The third-order valence-electron chi connectivity index (χ3n) is 3.51. The van der Waals surface area contributed by atoms with Crippen molar-refractivity contribution in [2.75, 3.05) is 13.1 Å². The molecule has 0 unspecified atom stereocenters. The molecule has 1 aromatic heterocycles. The molecule has 0 fully saturated rings. The van der Waals surface area contributed by atoms with Gasteiger partial charge in [-0.2, -0.15) is 5.10 Å². The highest BCUT2D eigenvalue weighted by Crippen LogP contribution is 2.06. The summed E-state index contributed by atoms with van der Waals surface area (Å²) in [7, 11) is 1.85. The van der Waals surface area contributed by atoms with E-state index in [9.17, 15) is 4.79 Å². The fourth-order valence-corrected chi connectivity index (χ4v) is 2.23. The molecule has 3 N–H and O–H groups in total. The number of aromatic nitrogens is 3. The number of benzene rings is 1. The summed E-state index contributed by atoms with van der Waals surface area (Å²) in [4.78, 5) is 20.7. The van der Waals surface area contributed by atoms with Crippen LogP contribution >= 0.6 is 24.0 Å². The maximum absolute atomic E-state index is 11.9. The number of aryl methyl sites for hydroxylation is 1. The van der Waals surface area contributed by atoms with Crippen molar-refractivity contribution in [2.24, 2.45) is 12.0 Å². The number of guanidine groups is 1. The molecular formula is C17H26IN7O. The first-order valence-electron chi connectivity index (χ1n) is 8.36. The number of hydrogen-bond donors (Lipinski definition) is 3. The second-order valence-corrected chi connectivity index (χ2v) is 5.41. The van der Waals surface area contributed by atoms with Crippen molar-refractivity contribution in [2.45, 2.75) is 26.9 Å². The van der Waals surface area contributed by atoms with E-state index < -0.39 is 0 Å². The van der Waals surface area contributed by atoms with E-state index in [0.717, 1.165) is 17.9 Å². The van der Waals surface area contributed by atoms with Gasteiger partial charge in [-0.15, -0.1) is 24.0 Å². The summed E-state index contributed by atoms with van der Waals surface area (Å²) in [5.74, 6) is 1.44. The summed E-state index contributed by atoms with van der Waals surface area (Å²) in [6.45, 7) is 6.27. The first-order chi connectivity index (χ1) is 12.1. The van der Waals surface area contributed by atoms with E-state index in [1.165, 1.54) is 6.33 Å². The largest absolute Gasteiger partial charge is 0.357 e. The minimum atomic E-state index is -0.0688. The Hall–Kier alpha value is -2.17. The van der Waals surface area contributed by atoms with E-state index in [0.29, 0.717) is 31.2 Å². The number of nitrogens with one attached hydrogen (secondary N) is 3. The second kappa shape index (κ2) is 11.4. The molecular weight excluding hydrogens is 445 g/mol. The first kappa shape index (κ1) is 21.9. The first-order valence-corrected chi connectivity index (χ1v) is 8.36. The van der Waals surface area contributed by atoms with Crippen LogP contribution in [0.3, 0.4) is 0 Å². The quantitative estimate of drug-likeness (QED) is 0.323. The smallest absolute Gasteiger partial charge is 0.251 e. The number of carbonyl (C=O) groups is 1. The van der Waals surface area contributed by atoms with Gasteiger partial charge in [0.1, 0.15) is 12.2 Å². The van der Waals surface area contributed by atoms with Gasteiger partial charge in [-0.1, -0.05) is 12.1 Å². The molecule has 0 saturated heterocycles. The minimum absolute atomic E-state index is 0. The van der Waals surface area contributed by atoms with Crippen LogP contribution in [0.4, 0.5) is 0 Å². The van der Waals surface area contributed by atoms with Crippen molar-refractivity contribution in [3.63, 3.8) is 0 Å². The molecule has 1 heterocycles. The molecule has 26 heavy (non-hydrogen) atoms. The predicted octanol–water partition coefficient (Wildman–Crippen LogP) is 1.44. The Morgan fingerprint density at radius 2 is 1.96 bits per heavy atom. The van der Waals surface area contributed by atoms with Crippen LogP contribution in [0.5, 0.6) is 0 Å². The molecule has 0 aliphatic carbocycles. The maximum atomic E-state index is 11.9. The highest BCUT2D eigenvalue weighted by atomic mass is 127. The summed E-state index contributed by atoms with van der Waals surface area (Å²) < 4.78 is 1.71. The van der Waals surface area contributed by atoms with Gasteiger partial charge in [-0.05, 0) is 31.5 Å². The summed E-state index contributed by atoms with van der Waals surface area (Å²) in [6.07, 6.45) is 1.52. The molecule has 0 aliphatic heterocycles. The zero-order chi connectivity index (χ0) is 18.1. The second-order valence-electron chi connectivity index (χ2n) is 5.41. The Bertz CT molecular complexity index is 729. The Kier molecular flexibility index (Phi) is 9.63. The van der Waals surface area contributed by atoms with Crippen molar-refractivity contribution in [1.82, 2.24) is 30.7 Å². The molecule has 8 nitrogen and oxygen atoms in total. The minimum Gasteiger partial charge on any atom is -0.357 e. The van der Waals surface area contributed by atoms with Crippen LogP contribution in [0.15, 0.2) is 35.6 Å². The van der Waals surface area contributed by atoms with Crippen LogP contribution in [0.1, 0.15) is 35.6 Å². The van der Waals surface area contributed by atoms with Crippen LogP contribution < -0.4 is 16.0 Å². The van der Waals surface area contributed by atoms with Crippen LogP contribution in [-0.4, -0.2) is 39.7 Å². The lowest BCUT2D eigenvalue weighted by Crippen LogP contribution is -2.37. The van der Waals surface area contributed by atoms with Gasteiger partial charge >= 0.3 is 0 Å². The van der Waals surface area contributed by atoms with E-state index in [-0.39, 0.29) is 29.9 Å². The average molecular weight is 471 g/mol. The lowest BCUT2D eigenvalue weighted by molar-refractivity contribution is 0.0955. The molecule has 0 radical (unpaired) electrons. The van der Waals surface area contributed by atoms with Crippen LogP contribution in [0.25, 0.3) is 0 Å². The molecule has 1 amide bonds. The number of aliphatic imine (C=N–C) groups is 1. The zero-order valence-electron chi connectivity index (χ0n) is 15.3. The maximum Gasteiger partial charge on any atom is 0.251 e. The summed E-state index contributed by atoms with van der Waals surface area (Å²) in [5, 5.41) is 13.3. The Balaban J connectivity index is 0.00000338. The number of hydrogen-bond acceptors (Lipinski definition) is 4. The third kappa shape index (κ3) is 6.62. The van der Waals surface area contributed by atoms with Crippen LogP contribution in [0.2, 0.25) is 0 Å². The van der Waals surface area contributed by atoms with Gasteiger partial charge in [0.2, 0.25) is 0 Å². The zero-order valence-corrected chi connectivity index (χ0v) is 17.7. The van der Waals surface area contributed by atoms with E-state index in [4.69, 9.17) is 0 Å². The number of halogens is 1. The fourth-order valence-electron chi connectivity index (χ4n) is 2.23. The van der Waals surface area contributed by atoms with Crippen LogP contribution in [-0.2, 0) is 20.1 Å². The number of amides is 1. The van der Waals surface area contributed by atoms with E-state index >= 15 is 0 Å². The van der Waals surface area contributed by atoms with Gasteiger partial charge in [-0.3, -0.25) is 9.48 Å². The molecule has 0 aliphatic rings. The van der Waals surface area contributed by atoms with Crippen LogP contribution in [0, 0.1) is 0 Å². The molecule has 2 rings (SSSR count). The SMILES string of the molecule is CCNC(=O)c1cccc(CN=C(NCC)NCc2ncnn2C)c1.I. The predicted molar refractivity (Wildman–Crippen MR) is 113 cm³/mol. The topological polar surface area (TPSA) is 96.2 Å². The monoisotopic (exact) mass is 471 g/mol. The van der Waals surface area contributed by atoms with Gasteiger partial charge < -0.3 is 16.0 Å². The lowest BCUT2D eigenvalue weighted by Gasteiger charge is -2.11. The average Bonchev–Trinajstić information content (AvgIpc) is 3.03. The lowest BCUT2D eigenvalue weighted by atomic mass is 10.1. The molecule has 0 bridgehead atoms. The van der Waals surface area contributed by atoms with E-state index in [1.807, 2.05) is 39.1 Å². The van der Waals surface area contributed by atoms with E-state index in [1.54, 1.807) is 10.7 Å². The highest BCUT2D eigenvalue weighted by Gasteiger charge is 2.05.